The molecule has 1 N–H and O–H groups in total. The first-order valence-corrected chi connectivity index (χ1v) is 5.81. The van der Waals surface area contributed by atoms with E-state index in [9.17, 15) is 13.6 Å². The Morgan fingerprint density at radius 3 is 2.80 bits per heavy atom. The zero-order chi connectivity index (χ0) is 14.7. The van der Waals surface area contributed by atoms with Crippen LogP contribution in [-0.4, -0.2) is 22.3 Å². The van der Waals surface area contributed by atoms with Crippen LogP contribution in [0.2, 0.25) is 0 Å². The normalized spacial score (nSPS) is 10.7. The molecule has 1 amide bonds. The number of nitrogens with zero attached hydrogens (tertiary/aromatic N) is 2. The Morgan fingerprint density at radius 1 is 1.45 bits per heavy atom. The van der Waals surface area contributed by atoms with Gasteiger partial charge in [-0.15, -0.1) is 0 Å². The number of aryl methyl sites for hydroxylation is 2. The molecule has 0 unspecified atom stereocenters. The predicted molar refractivity (Wildman–Crippen MR) is 69.0 cm³/mol. The average Bonchev–Trinajstić information content (AvgIpc) is 2.78. The Hall–Kier alpha value is -2.44. The van der Waals surface area contributed by atoms with Crippen LogP contribution in [0.15, 0.2) is 30.6 Å². The molecule has 0 aliphatic rings. The number of rotatable bonds is 4. The molecule has 20 heavy (non-hydrogen) atoms. The molecule has 2 aromatic rings. The van der Waals surface area contributed by atoms with Crippen molar-refractivity contribution in [3.8, 4) is 5.75 Å². The van der Waals surface area contributed by atoms with Gasteiger partial charge in [0.1, 0.15) is 5.75 Å². The number of anilines is 1. The van der Waals surface area contributed by atoms with Crippen molar-refractivity contribution >= 4 is 11.6 Å². The van der Waals surface area contributed by atoms with Crippen LogP contribution in [0, 0.1) is 6.92 Å². The van der Waals surface area contributed by atoms with E-state index in [0.717, 1.165) is 5.56 Å². The van der Waals surface area contributed by atoms with Crippen LogP contribution in [0.5, 0.6) is 5.75 Å². The molecule has 7 heteroatoms. The maximum Gasteiger partial charge on any atom is 0.387 e. The van der Waals surface area contributed by atoms with Crippen LogP contribution in [0.25, 0.3) is 0 Å². The van der Waals surface area contributed by atoms with Gasteiger partial charge in [0.15, 0.2) is 0 Å². The minimum atomic E-state index is -2.95. The van der Waals surface area contributed by atoms with Crippen molar-refractivity contribution in [3.63, 3.8) is 0 Å². The van der Waals surface area contributed by atoms with Gasteiger partial charge in [0.05, 0.1) is 17.4 Å². The van der Waals surface area contributed by atoms with Crippen LogP contribution < -0.4 is 10.1 Å². The summed E-state index contributed by atoms with van der Waals surface area (Å²) in [6, 6.07) is 4.64. The Labute approximate surface area is 114 Å². The fraction of sp³-hybridized carbons (Fsp3) is 0.231. The molecule has 0 bridgehead atoms. The highest BCUT2D eigenvalue weighted by atomic mass is 19.3. The number of nitrogens with one attached hydrogen (secondary N) is 1. The standard InChI is InChI=1S/C13H13F2N3O2/c1-8-3-4-10(11(5-8)20-13(14)15)17-12(19)9-6-16-18(2)7-9/h3-7,13H,1-2H3,(H,17,19). The van der Waals surface area contributed by atoms with Gasteiger partial charge >= 0.3 is 6.61 Å². The van der Waals surface area contributed by atoms with Crippen molar-refractivity contribution < 1.29 is 18.3 Å². The number of hydrogen-bond donors (Lipinski definition) is 1. The first kappa shape index (κ1) is 14.0. The van der Waals surface area contributed by atoms with E-state index in [1.54, 1.807) is 20.0 Å². The molecule has 0 spiro atoms. The van der Waals surface area contributed by atoms with E-state index < -0.39 is 12.5 Å². The Bertz CT molecular complexity index is 626. The Kier molecular flexibility index (Phi) is 3.97. The summed E-state index contributed by atoms with van der Waals surface area (Å²) in [4.78, 5) is 11.9. The van der Waals surface area contributed by atoms with E-state index in [4.69, 9.17) is 0 Å². The molecular weight excluding hydrogens is 268 g/mol. The lowest BCUT2D eigenvalue weighted by Crippen LogP contribution is -2.13. The molecule has 0 aliphatic heterocycles. The molecule has 0 fully saturated rings. The molecule has 0 atom stereocenters. The van der Waals surface area contributed by atoms with Crippen LogP contribution in [-0.2, 0) is 7.05 Å². The molecule has 0 saturated heterocycles. The molecule has 0 aliphatic carbocycles. The van der Waals surface area contributed by atoms with E-state index in [1.165, 1.54) is 29.2 Å². The molecule has 0 radical (unpaired) electrons. The third kappa shape index (κ3) is 3.31. The van der Waals surface area contributed by atoms with E-state index in [-0.39, 0.29) is 11.4 Å². The maximum atomic E-state index is 12.3. The highest BCUT2D eigenvalue weighted by Gasteiger charge is 2.14. The lowest BCUT2D eigenvalue weighted by atomic mass is 10.2. The highest BCUT2D eigenvalue weighted by molar-refractivity contribution is 6.04. The monoisotopic (exact) mass is 281 g/mol. The summed E-state index contributed by atoms with van der Waals surface area (Å²) >= 11 is 0. The zero-order valence-corrected chi connectivity index (χ0v) is 10.9. The topological polar surface area (TPSA) is 56.2 Å². The molecule has 106 valence electrons. The largest absolute Gasteiger partial charge is 0.433 e. The number of ether oxygens (including phenoxy) is 1. The second-order valence-corrected chi connectivity index (χ2v) is 4.23. The fourth-order valence-electron chi connectivity index (χ4n) is 1.66. The first-order chi connectivity index (χ1) is 9.45. The number of amides is 1. The number of halogens is 2. The van der Waals surface area contributed by atoms with Crippen molar-refractivity contribution in [1.29, 1.82) is 0 Å². The maximum absolute atomic E-state index is 12.3. The summed E-state index contributed by atoms with van der Waals surface area (Å²) in [6.45, 7) is -1.21. The minimum Gasteiger partial charge on any atom is -0.433 e. The molecule has 2 rings (SSSR count). The molecule has 1 heterocycles. The van der Waals surface area contributed by atoms with Gasteiger partial charge in [0.25, 0.3) is 5.91 Å². The summed E-state index contributed by atoms with van der Waals surface area (Å²) in [6.07, 6.45) is 2.91. The van der Waals surface area contributed by atoms with Crippen molar-refractivity contribution in [2.45, 2.75) is 13.5 Å². The number of aromatic nitrogens is 2. The second kappa shape index (κ2) is 5.68. The lowest BCUT2D eigenvalue weighted by Gasteiger charge is -2.12. The van der Waals surface area contributed by atoms with Gasteiger partial charge in [0.2, 0.25) is 0 Å². The van der Waals surface area contributed by atoms with E-state index in [1.807, 2.05) is 0 Å². The number of benzene rings is 1. The fourth-order valence-corrected chi connectivity index (χ4v) is 1.66. The summed E-state index contributed by atoms with van der Waals surface area (Å²) in [5, 5.41) is 6.39. The second-order valence-electron chi connectivity index (χ2n) is 4.23. The van der Waals surface area contributed by atoms with E-state index in [0.29, 0.717) is 5.56 Å². The predicted octanol–water partition coefficient (Wildman–Crippen LogP) is 2.58. The SMILES string of the molecule is Cc1ccc(NC(=O)c2cnn(C)c2)c(OC(F)F)c1. The summed E-state index contributed by atoms with van der Waals surface area (Å²) in [5.41, 5.74) is 1.26. The van der Waals surface area contributed by atoms with Crippen LogP contribution in [0.1, 0.15) is 15.9 Å². The van der Waals surface area contributed by atoms with Gasteiger partial charge in [-0.05, 0) is 24.6 Å². The Morgan fingerprint density at radius 2 is 2.20 bits per heavy atom. The van der Waals surface area contributed by atoms with E-state index >= 15 is 0 Å². The molecule has 1 aromatic carbocycles. The third-order valence-electron chi connectivity index (χ3n) is 2.57. The first-order valence-electron chi connectivity index (χ1n) is 5.81. The van der Waals surface area contributed by atoms with Crippen molar-refractivity contribution in [2.75, 3.05) is 5.32 Å². The van der Waals surface area contributed by atoms with Gasteiger partial charge in [0, 0.05) is 13.2 Å². The van der Waals surface area contributed by atoms with Gasteiger partial charge in [-0.3, -0.25) is 9.48 Å². The van der Waals surface area contributed by atoms with Crippen molar-refractivity contribution in [2.24, 2.45) is 7.05 Å². The number of carbonyl (C=O) groups excluding carboxylic acids is 1. The van der Waals surface area contributed by atoms with E-state index in [2.05, 4.69) is 15.2 Å². The summed E-state index contributed by atoms with van der Waals surface area (Å²) in [7, 11) is 1.67. The molecule has 1 aromatic heterocycles. The quantitative estimate of drug-likeness (QED) is 0.937. The van der Waals surface area contributed by atoms with Crippen LogP contribution in [0.3, 0.4) is 0 Å². The van der Waals surface area contributed by atoms with Gasteiger partial charge < -0.3 is 10.1 Å². The van der Waals surface area contributed by atoms with Crippen LogP contribution >= 0.6 is 0 Å². The molecule has 0 saturated carbocycles. The average molecular weight is 281 g/mol. The number of carbonyl (C=O) groups is 1. The number of alkyl halides is 2. The smallest absolute Gasteiger partial charge is 0.387 e. The zero-order valence-electron chi connectivity index (χ0n) is 10.9. The molecule has 5 nitrogen and oxygen atoms in total. The lowest BCUT2D eigenvalue weighted by molar-refractivity contribution is -0.0494. The molecular formula is C13H13F2N3O2. The minimum absolute atomic E-state index is 0.0720. The van der Waals surface area contributed by atoms with Crippen molar-refractivity contribution in [1.82, 2.24) is 9.78 Å². The highest BCUT2D eigenvalue weighted by Crippen LogP contribution is 2.27. The summed E-state index contributed by atoms with van der Waals surface area (Å²) < 4.78 is 30.6. The van der Waals surface area contributed by atoms with Crippen molar-refractivity contribution in [3.05, 3.63) is 41.7 Å². The third-order valence-corrected chi connectivity index (χ3v) is 2.57. The van der Waals surface area contributed by atoms with Gasteiger partial charge in [-0.1, -0.05) is 6.07 Å². The number of hydrogen-bond acceptors (Lipinski definition) is 3. The van der Waals surface area contributed by atoms with Gasteiger partial charge in [-0.2, -0.15) is 13.9 Å². The summed E-state index contributed by atoms with van der Waals surface area (Å²) in [5.74, 6) is -0.515. The van der Waals surface area contributed by atoms with Gasteiger partial charge in [-0.25, -0.2) is 0 Å². The Balaban J connectivity index is 2.22. The van der Waals surface area contributed by atoms with Crippen LogP contribution in [0.4, 0.5) is 14.5 Å².